The van der Waals surface area contributed by atoms with Crippen molar-refractivity contribution in [2.75, 3.05) is 18.6 Å². The smallest absolute Gasteiger partial charge is 0.255 e. The molecule has 178 valence electrons. The maximum absolute atomic E-state index is 14.0. The summed E-state index contributed by atoms with van der Waals surface area (Å²) in [5.41, 5.74) is 7.64. The average Bonchev–Trinajstić information content (AvgIpc) is 3.05. The van der Waals surface area contributed by atoms with E-state index in [4.69, 9.17) is 10.5 Å². The monoisotopic (exact) mass is 480 g/mol. The van der Waals surface area contributed by atoms with E-state index in [-0.39, 0.29) is 36.8 Å². The molecule has 3 N–H and O–H groups in total. The first-order chi connectivity index (χ1) is 15.5. The molecule has 3 aromatic rings. The van der Waals surface area contributed by atoms with Crippen LogP contribution >= 0.6 is 0 Å². The molecule has 8 nitrogen and oxygen atoms in total. The summed E-state index contributed by atoms with van der Waals surface area (Å²) < 4.78 is 57.6. The van der Waals surface area contributed by atoms with Gasteiger partial charge in [-0.3, -0.25) is 4.79 Å². The molecular weight excluding hydrogens is 454 g/mol. The Balaban J connectivity index is 1.81. The number of benzene rings is 1. The minimum atomic E-state index is -3.14. The second kappa shape index (κ2) is 9.84. The molecule has 1 atom stereocenters. The number of rotatable bonds is 9. The van der Waals surface area contributed by atoms with Crippen molar-refractivity contribution in [1.29, 1.82) is 0 Å². The number of sulfone groups is 1. The van der Waals surface area contributed by atoms with Crippen molar-refractivity contribution in [2.24, 2.45) is 5.73 Å². The molecule has 2 aromatic heterocycles. The number of fused-ring (bicyclic) bond motifs is 1. The van der Waals surface area contributed by atoms with Crippen molar-refractivity contribution in [3.63, 3.8) is 0 Å². The van der Waals surface area contributed by atoms with Crippen molar-refractivity contribution in [2.45, 2.75) is 32.9 Å². The minimum Gasteiger partial charge on any atom is -0.473 e. The van der Waals surface area contributed by atoms with Crippen LogP contribution in [0.5, 0.6) is 5.88 Å². The Bertz CT molecular complexity index is 1270. The topological polar surface area (TPSA) is 116 Å². The van der Waals surface area contributed by atoms with Crippen molar-refractivity contribution in [1.82, 2.24) is 14.9 Å². The molecule has 1 aromatic carbocycles. The van der Waals surface area contributed by atoms with Gasteiger partial charge in [0.25, 0.3) is 5.91 Å². The van der Waals surface area contributed by atoms with Crippen LogP contribution in [0.15, 0.2) is 30.3 Å². The van der Waals surface area contributed by atoms with Crippen LogP contribution in [0.1, 0.15) is 33.6 Å². The maximum atomic E-state index is 14.0. The Morgan fingerprint density at radius 3 is 2.55 bits per heavy atom. The number of aromatic nitrogens is 2. The van der Waals surface area contributed by atoms with Gasteiger partial charge < -0.3 is 15.8 Å². The number of carbonyl (C=O) groups excluding carboxylic acids is 1. The van der Waals surface area contributed by atoms with E-state index in [1.54, 1.807) is 26.0 Å². The van der Waals surface area contributed by atoms with Gasteiger partial charge in [0.05, 0.1) is 28.1 Å². The standard InChI is InChI=1S/C22H26F2N4O4S/c1-13-9-19-21(22(29)26-11-15(25)7-8-33(3,30)31)14(2)27-28(19)20(10-13)32-12-16-17(23)5-4-6-18(16)24/h4-6,9-10,15H,7-8,11-12,25H2,1-3H3,(H,26,29). The summed E-state index contributed by atoms with van der Waals surface area (Å²) >= 11 is 0. The molecule has 0 fully saturated rings. The zero-order chi connectivity index (χ0) is 24.3. The van der Waals surface area contributed by atoms with Crippen LogP contribution in [0.4, 0.5) is 8.78 Å². The quantitative estimate of drug-likeness (QED) is 0.486. The first-order valence-electron chi connectivity index (χ1n) is 10.2. The lowest BCUT2D eigenvalue weighted by molar-refractivity contribution is 0.0952. The lowest BCUT2D eigenvalue weighted by Gasteiger charge is -2.13. The molecule has 1 amide bonds. The third kappa shape index (κ3) is 6.05. The predicted molar refractivity (Wildman–Crippen MR) is 120 cm³/mol. The summed E-state index contributed by atoms with van der Waals surface area (Å²) in [4.78, 5) is 12.9. The van der Waals surface area contributed by atoms with Gasteiger partial charge >= 0.3 is 0 Å². The highest BCUT2D eigenvalue weighted by molar-refractivity contribution is 7.90. The highest BCUT2D eigenvalue weighted by Gasteiger charge is 2.21. The van der Waals surface area contributed by atoms with Gasteiger partial charge in [-0.25, -0.2) is 17.2 Å². The number of pyridine rings is 1. The fourth-order valence-electron chi connectivity index (χ4n) is 3.34. The van der Waals surface area contributed by atoms with E-state index in [2.05, 4.69) is 10.4 Å². The lowest BCUT2D eigenvalue weighted by atomic mass is 10.1. The second-order valence-electron chi connectivity index (χ2n) is 8.01. The highest BCUT2D eigenvalue weighted by Crippen LogP contribution is 2.24. The molecule has 0 saturated heterocycles. The zero-order valence-corrected chi connectivity index (χ0v) is 19.4. The Morgan fingerprint density at radius 2 is 1.91 bits per heavy atom. The van der Waals surface area contributed by atoms with Gasteiger partial charge in [-0.1, -0.05) is 6.07 Å². The van der Waals surface area contributed by atoms with Crippen LogP contribution in [0.3, 0.4) is 0 Å². The van der Waals surface area contributed by atoms with E-state index < -0.39 is 33.4 Å². The summed E-state index contributed by atoms with van der Waals surface area (Å²) in [5.74, 6) is -1.71. The number of hydrogen-bond acceptors (Lipinski definition) is 6. The maximum Gasteiger partial charge on any atom is 0.255 e. The number of nitrogens with one attached hydrogen (secondary N) is 1. The lowest BCUT2D eigenvalue weighted by Crippen LogP contribution is -2.38. The molecular formula is C22H26F2N4O4S. The summed E-state index contributed by atoms with van der Waals surface area (Å²) in [7, 11) is -3.14. The average molecular weight is 481 g/mol. The minimum absolute atomic E-state index is 0.0672. The number of ether oxygens (including phenoxy) is 1. The van der Waals surface area contributed by atoms with Gasteiger partial charge in [0.15, 0.2) is 0 Å². The van der Waals surface area contributed by atoms with Crippen LogP contribution in [-0.4, -0.2) is 48.5 Å². The van der Waals surface area contributed by atoms with Crippen molar-refractivity contribution in [3.8, 4) is 5.88 Å². The molecule has 0 saturated carbocycles. The van der Waals surface area contributed by atoms with E-state index in [0.29, 0.717) is 16.8 Å². The van der Waals surface area contributed by atoms with Crippen molar-refractivity contribution in [3.05, 3.63) is 64.4 Å². The van der Waals surface area contributed by atoms with Crippen LogP contribution in [0, 0.1) is 25.5 Å². The van der Waals surface area contributed by atoms with Gasteiger partial charge in [-0.15, -0.1) is 0 Å². The van der Waals surface area contributed by atoms with Crippen LogP contribution < -0.4 is 15.8 Å². The third-order valence-corrected chi connectivity index (χ3v) is 6.04. The molecule has 0 aliphatic rings. The fraction of sp³-hybridized carbons (Fsp3) is 0.364. The van der Waals surface area contributed by atoms with Crippen LogP contribution in [0.2, 0.25) is 0 Å². The van der Waals surface area contributed by atoms with Gasteiger partial charge in [0.2, 0.25) is 5.88 Å². The molecule has 11 heteroatoms. The number of nitrogens with two attached hydrogens (primary N) is 1. The molecule has 33 heavy (non-hydrogen) atoms. The summed E-state index contributed by atoms with van der Waals surface area (Å²) in [6.07, 6.45) is 1.35. The number of hydrogen-bond donors (Lipinski definition) is 2. The Hall–Kier alpha value is -3.05. The molecule has 3 rings (SSSR count). The normalized spacial score (nSPS) is 12.7. The number of carbonyl (C=O) groups is 1. The fourth-order valence-corrected chi connectivity index (χ4v) is 4.07. The van der Waals surface area contributed by atoms with Crippen molar-refractivity contribution < 1.29 is 26.7 Å². The molecule has 0 aliphatic carbocycles. The Labute approximate surface area is 190 Å². The summed E-state index contributed by atoms with van der Waals surface area (Å²) in [6, 6.07) is 6.44. The molecule has 0 aliphatic heterocycles. The number of aryl methyl sites for hydroxylation is 2. The van der Waals surface area contributed by atoms with E-state index in [1.807, 2.05) is 0 Å². The van der Waals surface area contributed by atoms with Crippen LogP contribution in [-0.2, 0) is 16.4 Å². The van der Waals surface area contributed by atoms with Gasteiger partial charge in [0.1, 0.15) is 28.1 Å². The van der Waals surface area contributed by atoms with E-state index in [9.17, 15) is 22.0 Å². The van der Waals surface area contributed by atoms with Gasteiger partial charge in [0, 0.05) is 24.9 Å². The molecule has 2 heterocycles. The Morgan fingerprint density at radius 1 is 1.24 bits per heavy atom. The second-order valence-corrected chi connectivity index (χ2v) is 10.3. The summed E-state index contributed by atoms with van der Waals surface area (Å²) in [5, 5.41) is 7.07. The largest absolute Gasteiger partial charge is 0.473 e. The molecule has 0 bridgehead atoms. The number of nitrogens with zero attached hydrogens (tertiary/aromatic N) is 2. The SMILES string of the molecule is Cc1cc(OCc2c(F)cccc2F)n2nc(C)c(C(=O)NCC(N)CCS(C)(=O)=O)c2c1. The molecule has 1 unspecified atom stereocenters. The van der Waals surface area contributed by atoms with Gasteiger partial charge in [-0.05, 0) is 44.0 Å². The van der Waals surface area contributed by atoms with E-state index in [0.717, 1.165) is 24.0 Å². The molecule has 0 spiro atoms. The van der Waals surface area contributed by atoms with Gasteiger partial charge in [-0.2, -0.15) is 9.61 Å². The van der Waals surface area contributed by atoms with E-state index >= 15 is 0 Å². The highest BCUT2D eigenvalue weighted by atomic mass is 32.2. The summed E-state index contributed by atoms with van der Waals surface area (Å²) in [6.45, 7) is 3.18. The Kier molecular flexibility index (Phi) is 7.33. The van der Waals surface area contributed by atoms with Crippen molar-refractivity contribution >= 4 is 21.3 Å². The first-order valence-corrected chi connectivity index (χ1v) is 12.3. The van der Waals surface area contributed by atoms with E-state index in [1.165, 1.54) is 10.6 Å². The predicted octanol–water partition coefficient (Wildman–Crippen LogP) is 2.30. The molecule has 0 radical (unpaired) electrons. The number of halogens is 2. The zero-order valence-electron chi connectivity index (χ0n) is 18.6. The number of amides is 1. The first kappa shape index (κ1) is 24.6. The van der Waals surface area contributed by atoms with Crippen LogP contribution in [0.25, 0.3) is 5.52 Å². The third-order valence-electron chi connectivity index (χ3n) is 5.06.